The number of nitrogens with zero attached hydrogens (tertiary/aromatic N) is 1. The van der Waals surface area contributed by atoms with Crippen LogP contribution in [0, 0.1) is 0 Å². The zero-order valence-electron chi connectivity index (χ0n) is 21.6. The van der Waals surface area contributed by atoms with E-state index < -0.39 is 98.1 Å². The number of aliphatic hydroxyl groups excluding tert-OH is 6. The molecule has 1 aliphatic rings. The molecule has 38 heavy (non-hydrogen) atoms. The second kappa shape index (κ2) is 15.3. The zero-order valence-corrected chi connectivity index (χ0v) is 21.6. The zero-order chi connectivity index (χ0) is 29.3. The van der Waals surface area contributed by atoms with Crippen LogP contribution in [-0.2, 0) is 33.4 Å². The standard InChI is InChI=1S/C22H39N3O13/c1-9(36-20-16(23)22(35)37-15(8-28)18(20)33)5-25(12(4)30)10(2)21(34)38-19(17(32)14(31)7-27)13(6-26)24-11(3)29/h6,9-10,13-20,22,27-28,31-33,35H,5,7-8,23H2,1-4H3,(H,24,29)/t9?,10-,13-,14+,15+,16+,17+,18+,19+,20+,22-/m0/s1. The molecule has 1 rings (SSSR count). The van der Waals surface area contributed by atoms with Crippen molar-refractivity contribution in [3.63, 3.8) is 0 Å². The topological polar surface area (TPSA) is 259 Å². The molecule has 0 aromatic rings. The van der Waals surface area contributed by atoms with Crippen molar-refractivity contribution in [3.05, 3.63) is 0 Å². The maximum absolute atomic E-state index is 12.9. The number of hydrogen-bond donors (Lipinski definition) is 8. The van der Waals surface area contributed by atoms with E-state index in [1.807, 2.05) is 0 Å². The first-order valence-electron chi connectivity index (χ1n) is 11.9. The van der Waals surface area contributed by atoms with Crippen molar-refractivity contribution >= 4 is 24.1 Å². The number of amides is 2. The van der Waals surface area contributed by atoms with Gasteiger partial charge in [-0.25, -0.2) is 4.79 Å². The van der Waals surface area contributed by atoms with Gasteiger partial charge in [0.15, 0.2) is 12.4 Å². The second-order valence-corrected chi connectivity index (χ2v) is 9.08. The van der Waals surface area contributed by atoms with E-state index >= 15 is 0 Å². The van der Waals surface area contributed by atoms with E-state index in [9.17, 15) is 44.7 Å². The SMILES string of the molecule is CC(=O)N[C@@H](C=O)[C@@H](OC(=O)[C@H](C)N(CC(C)O[C@@H]1[C@@H](N)[C@@H](O)O[C@H](CO)[C@H]1O)C(C)=O)[C@H](O)[C@H](O)CO. The Labute approximate surface area is 219 Å². The fourth-order valence-corrected chi connectivity index (χ4v) is 3.89. The van der Waals surface area contributed by atoms with E-state index in [0.717, 1.165) is 18.7 Å². The lowest BCUT2D eigenvalue weighted by atomic mass is 9.97. The smallest absolute Gasteiger partial charge is 0.329 e. The first-order chi connectivity index (χ1) is 17.7. The number of hydrogen-bond acceptors (Lipinski definition) is 14. The number of nitrogens with one attached hydrogen (secondary N) is 1. The van der Waals surface area contributed by atoms with Crippen LogP contribution in [0.1, 0.15) is 27.7 Å². The summed E-state index contributed by atoms with van der Waals surface area (Å²) < 4.78 is 16.0. The molecule has 1 heterocycles. The predicted octanol–water partition coefficient (Wildman–Crippen LogP) is -5.28. The third-order valence-corrected chi connectivity index (χ3v) is 6.02. The lowest BCUT2D eigenvalue weighted by Gasteiger charge is -2.42. The van der Waals surface area contributed by atoms with Crippen molar-refractivity contribution in [1.82, 2.24) is 10.2 Å². The molecule has 11 atom stereocenters. The van der Waals surface area contributed by atoms with Gasteiger partial charge in [-0.15, -0.1) is 0 Å². The van der Waals surface area contributed by atoms with Gasteiger partial charge in [-0.3, -0.25) is 9.59 Å². The van der Waals surface area contributed by atoms with E-state index in [1.165, 1.54) is 13.8 Å². The Hall–Kier alpha value is -2.28. The third kappa shape index (κ3) is 8.89. The number of aldehydes is 1. The number of esters is 1. The molecule has 9 N–H and O–H groups in total. The van der Waals surface area contributed by atoms with Gasteiger partial charge in [0.05, 0.1) is 25.4 Å². The summed E-state index contributed by atoms with van der Waals surface area (Å²) in [7, 11) is 0. The minimum Gasteiger partial charge on any atom is -0.455 e. The summed E-state index contributed by atoms with van der Waals surface area (Å²) in [4.78, 5) is 49.3. The van der Waals surface area contributed by atoms with E-state index in [2.05, 4.69) is 5.32 Å². The Morgan fingerprint density at radius 2 is 1.76 bits per heavy atom. The van der Waals surface area contributed by atoms with Crippen LogP contribution in [0.3, 0.4) is 0 Å². The van der Waals surface area contributed by atoms with Crippen molar-refractivity contribution < 1.29 is 64.0 Å². The molecule has 1 unspecified atom stereocenters. The first kappa shape index (κ1) is 33.7. The molecule has 0 bridgehead atoms. The maximum Gasteiger partial charge on any atom is 0.329 e. The quantitative estimate of drug-likeness (QED) is 0.0738. The number of nitrogens with two attached hydrogens (primary N) is 1. The third-order valence-electron chi connectivity index (χ3n) is 6.02. The molecule has 1 fully saturated rings. The normalized spacial score (nSPS) is 28.2. The number of rotatable bonds is 14. The van der Waals surface area contributed by atoms with Crippen molar-refractivity contribution in [2.24, 2.45) is 5.73 Å². The van der Waals surface area contributed by atoms with Crippen molar-refractivity contribution in [1.29, 1.82) is 0 Å². The van der Waals surface area contributed by atoms with Gasteiger partial charge in [0.2, 0.25) is 11.8 Å². The molecular weight excluding hydrogens is 514 g/mol. The molecule has 1 aliphatic heterocycles. The van der Waals surface area contributed by atoms with Gasteiger partial charge < -0.3 is 65.6 Å². The highest BCUT2D eigenvalue weighted by atomic mass is 16.6. The van der Waals surface area contributed by atoms with Crippen molar-refractivity contribution in [2.45, 2.75) is 94.8 Å². The highest BCUT2D eigenvalue weighted by Crippen LogP contribution is 2.23. The maximum atomic E-state index is 12.9. The van der Waals surface area contributed by atoms with Gasteiger partial charge in [0.1, 0.15) is 48.9 Å². The number of aliphatic hydroxyl groups is 6. The van der Waals surface area contributed by atoms with Gasteiger partial charge in [-0.2, -0.15) is 0 Å². The summed E-state index contributed by atoms with van der Waals surface area (Å²) in [6.07, 6.45) is -11.7. The average Bonchev–Trinajstić information content (AvgIpc) is 2.87. The minimum absolute atomic E-state index is 0.173. The predicted molar refractivity (Wildman–Crippen MR) is 126 cm³/mol. The van der Waals surface area contributed by atoms with Crippen molar-refractivity contribution in [2.75, 3.05) is 19.8 Å². The Bertz CT molecular complexity index is 802. The fourth-order valence-electron chi connectivity index (χ4n) is 3.89. The summed E-state index contributed by atoms with van der Waals surface area (Å²) in [6, 6.07) is -4.12. The summed E-state index contributed by atoms with van der Waals surface area (Å²) in [5, 5.41) is 61.1. The lowest BCUT2D eigenvalue weighted by Crippen LogP contribution is -2.63. The minimum atomic E-state index is -1.98. The Kier molecular flexibility index (Phi) is 13.6. The number of carbonyl (C=O) groups is 4. The Balaban J connectivity index is 3.05. The molecule has 0 radical (unpaired) electrons. The van der Waals surface area contributed by atoms with Crippen LogP contribution in [0.4, 0.5) is 0 Å². The largest absolute Gasteiger partial charge is 0.455 e. The summed E-state index contributed by atoms with van der Waals surface area (Å²) >= 11 is 0. The van der Waals surface area contributed by atoms with Crippen LogP contribution in [-0.4, -0.2) is 147 Å². The highest BCUT2D eigenvalue weighted by molar-refractivity contribution is 5.83. The average molecular weight is 554 g/mol. The molecular formula is C22H39N3O13. The molecule has 0 spiro atoms. The van der Waals surface area contributed by atoms with Gasteiger partial charge in [-0.1, -0.05) is 0 Å². The van der Waals surface area contributed by atoms with Crippen LogP contribution in [0.5, 0.6) is 0 Å². The molecule has 0 aromatic heterocycles. The van der Waals surface area contributed by atoms with E-state index in [-0.39, 0.29) is 12.8 Å². The summed E-state index contributed by atoms with van der Waals surface area (Å²) in [6.45, 7) is 3.15. The van der Waals surface area contributed by atoms with Gasteiger partial charge in [0.25, 0.3) is 0 Å². The van der Waals surface area contributed by atoms with Gasteiger partial charge in [-0.05, 0) is 13.8 Å². The van der Waals surface area contributed by atoms with Crippen LogP contribution >= 0.6 is 0 Å². The Morgan fingerprint density at radius 3 is 2.24 bits per heavy atom. The molecule has 16 heteroatoms. The fraction of sp³-hybridized carbons (Fsp3) is 0.818. The molecule has 0 saturated carbocycles. The molecule has 220 valence electrons. The molecule has 0 aliphatic carbocycles. The lowest BCUT2D eigenvalue weighted by molar-refractivity contribution is -0.263. The van der Waals surface area contributed by atoms with E-state index in [0.29, 0.717) is 0 Å². The van der Waals surface area contributed by atoms with Gasteiger partial charge in [0, 0.05) is 20.4 Å². The highest BCUT2D eigenvalue weighted by Gasteiger charge is 2.44. The van der Waals surface area contributed by atoms with E-state index in [4.69, 9.17) is 25.1 Å². The van der Waals surface area contributed by atoms with Crippen LogP contribution in [0.2, 0.25) is 0 Å². The molecule has 0 aromatic carbocycles. The van der Waals surface area contributed by atoms with E-state index in [1.54, 1.807) is 0 Å². The van der Waals surface area contributed by atoms with Crippen molar-refractivity contribution in [3.8, 4) is 0 Å². The number of ether oxygens (including phenoxy) is 3. The molecule has 16 nitrogen and oxygen atoms in total. The van der Waals surface area contributed by atoms with Crippen LogP contribution in [0.25, 0.3) is 0 Å². The van der Waals surface area contributed by atoms with Gasteiger partial charge >= 0.3 is 5.97 Å². The van der Waals surface area contributed by atoms with Crippen LogP contribution in [0.15, 0.2) is 0 Å². The number of carbonyl (C=O) groups excluding carboxylic acids is 4. The monoisotopic (exact) mass is 553 g/mol. The molecule has 1 saturated heterocycles. The summed E-state index contributed by atoms with van der Waals surface area (Å²) in [5.41, 5.74) is 5.86. The second-order valence-electron chi connectivity index (χ2n) is 9.08. The van der Waals surface area contributed by atoms with Crippen LogP contribution < -0.4 is 11.1 Å². The first-order valence-corrected chi connectivity index (χ1v) is 11.9. The molecule has 2 amide bonds. The summed E-state index contributed by atoms with van der Waals surface area (Å²) in [5.74, 6) is -2.45. The Morgan fingerprint density at radius 1 is 1.16 bits per heavy atom.